The maximum atomic E-state index is 10.1. The van der Waals surface area contributed by atoms with Gasteiger partial charge in [-0.05, 0) is 17.5 Å². The minimum atomic E-state index is -0.266. The molecule has 0 saturated carbocycles. The Morgan fingerprint density at radius 1 is 1.00 bits per heavy atom. The van der Waals surface area contributed by atoms with Crippen molar-refractivity contribution in [3.8, 4) is 0 Å². The molecular formula is C19H21NO. The molecule has 2 nitrogen and oxygen atoms in total. The largest absolute Gasteiger partial charge is 0.391 e. The average Bonchev–Trinajstić information content (AvgIpc) is 2.48. The Morgan fingerprint density at radius 3 is 2.38 bits per heavy atom. The number of aliphatic hydroxyl groups excluding tert-OH is 1. The molecule has 0 unspecified atom stereocenters. The monoisotopic (exact) mass is 279 g/mol. The molecule has 2 aromatic carbocycles. The van der Waals surface area contributed by atoms with Gasteiger partial charge in [0.25, 0.3) is 0 Å². The third-order valence-electron chi connectivity index (χ3n) is 3.81. The average molecular weight is 279 g/mol. The molecule has 0 amide bonds. The standard InChI is InChI=1S/C19H21NO/c21-19-12-18(11-16-7-3-1-4-8-16)14-20(15-19)13-17-9-5-2-6-10-17/h1-11,19,21H,12-15H2/b18-11-/t19-/m0/s1. The van der Waals surface area contributed by atoms with E-state index in [2.05, 4.69) is 47.4 Å². The molecule has 21 heavy (non-hydrogen) atoms. The second kappa shape index (κ2) is 6.70. The van der Waals surface area contributed by atoms with Gasteiger partial charge in [-0.25, -0.2) is 0 Å². The molecule has 0 aromatic heterocycles. The zero-order valence-corrected chi connectivity index (χ0v) is 12.2. The van der Waals surface area contributed by atoms with Crippen LogP contribution in [0.15, 0.2) is 66.2 Å². The third-order valence-corrected chi connectivity index (χ3v) is 3.81. The van der Waals surface area contributed by atoms with Crippen LogP contribution in [-0.4, -0.2) is 29.2 Å². The molecule has 2 heteroatoms. The van der Waals surface area contributed by atoms with E-state index in [9.17, 15) is 5.11 Å². The lowest BCUT2D eigenvalue weighted by Gasteiger charge is -2.32. The maximum absolute atomic E-state index is 10.1. The summed E-state index contributed by atoms with van der Waals surface area (Å²) in [6, 6.07) is 20.8. The van der Waals surface area contributed by atoms with Crippen LogP contribution in [0.5, 0.6) is 0 Å². The van der Waals surface area contributed by atoms with Gasteiger partial charge >= 0.3 is 0 Å². The van der Waals surface area contributed by atoms with Crippen LogP contribution in [0, 0.1) is 0 Å². The van der Waals surface area contributed by atoms with Gasteiger partial charge in [-0.3, -0.25) is 4.90 Å². The highest BCUT2D eigenvalue weighted by molar-refractivity contribution is 5.53. The summed E-state index contributed by atoms with van der Waals surface area (Å²) in [5.41, 5.74) is 3.81. The topological polar surface area (TPSA) is 23.5 Å². The smallest absolute Gasteiger partial charge is 0.0705 e. The van der Waals surface area contributed by atoms with Crippen molar-refractivity contribution in [2.45, 2.75) is 19.1 Å². The highest BCUT2D eigenvalue weighted by atomic mass is 16.3. The van der Waals surface area contributed by atoms with E-state index in [0.717, 1.165) is 26.1 Å². The highest BCUT2D eigenvalue weighted by Crippen LogP contribution is 2.20. The number of likely N-dealkylation sites (tertiary alicyclic amines) is 1. The first-order chi connectivity index (χ1) is 10.3. The molecule has 0 aliphatic carbocycles. The third kappa shape index (κ3) is 4.03. The number of aliphatic hydroxyl groups is 1. The van der Waals surface area contributed by atoms with E-state index < -0.39 is 0 Å². The van der Waals surface area contributed by atoms with Gasteiger partial charge in [-0.2, -0.15) is 0 Å². The van der Waals surface area contributed by atoms with Crippen molar-refractivity contribution in [2.24, 2.45) is 0 Å². The lowest BCUT2D eigenvalue weighted by atomic mass is 9.99. The van der Waals surface area contributed by atoms with Crippen molar-refractivity contribution < 1.29 is 5.11 Å². The Labute approximate surface area is 126 Å². The lowest BCUT2D eigenvalue weighted by molar-refractivity contribution is 0.0912. The van der Waals surface area contributed by atoms with Gasteiger partial charge < -0.3 is 5.11 Å². The quantitative estimate of drug-likeness (QED) is 0.931. The van der Waals surface area contributed by atoms with Crippen molar-refractivity contribution in [3.63, 3.8) is 0 Å². The molecule has 1 fully saturated rings. The SMILES string of the molecule is O[C@H]1C/C(=C/c2ccccc2)CN(Cc2ccccc2)C1. The fourth-order valence-corrected chi connectivity index (χ4v) is 2.93. The Hall–Kier alpha value is -1.90. The highest BCUT2D eigenvalue weighted by Gasteiger charge is 2.21. The molecule has 1 aliphatic heterocycles. The predicted octanol–water partition coefficient (Wildman–Crippen LogP) is 3.34. The zero-order valence-electron chi connectivity index (χ0n) is 12.2. The molecule has 0 bridgehead atoms. The van der Waals surface area contributed by atoms with Crippen molar-refractivity contribution >= 4 is 6.08 Å². The molecule has 108 valence electrons. The predicted molar refractivity (Wildman–Crippen MR) is 86.8 cm³/mol. The zero-order chi connectivity index (χ0) is 14.5. The summed E-state index contributed by atoms with van der Waals surface area (Å²) in [5.74, 6) is 0. The minimum absolute atomic E-state index is 0.266. The van der Waals surface area contributed by atoms with E-state index in [1.807, 2.05) is 24.3 Å². The number of piperidine rings is 1. The Balaban J connectivity index is 1.71. The van der Waals surface area contributed by atoms with Crippen LogP contribution in [0.1, 0.15) is 17.5 Å². The van der Waals surface area contributed by atoms with Crippen molar-refractivity contribution in [1.29, 1.82) is 0 Å². The molecule has 3 rings (SSSR count). The molecule has 1 N–H and O–H groups in total. The van der Waals surface area contributed by atoms with Gasteiger partial charge in [-0.1, -0.05) is 72.3 Å². The van der Waals surface area contributed by atoms with Gasteiger partial charge in [-0.15, -0.1) is 0 Å². The molecule has 2 aromatic rings. The van der Waals surface area contributed by atoms with Crippen LogP contribution in [0.4, 0.5) is 0 Å². The van der Waals surface area contributed by atoms with Crippen molar-refractivity contribution in [3.05, 3.63) is 77.4 Å². The summed E-state index contributed by atoms with van der Waals surface area (Å²) >= 11 is 0. The first-order valence-corrected chi connectivity index (χ1v) is 7.48. The van der Waals surface area contributed by atoms with Crippen LogP contribution in [-0.2, 0) is 6.54 Å². The number of hydrogen-bond acceptors (Lipinski definition) is 2. The minimum Gasteiger partial charge on any atom is -0.391 e. The number of benzene rings is 2. The van der Waals surface area contributed by atoms with Crippen LogP contribution in [0.3, 0.4) is 0 Å². The fraction of sp³-hybridized carbons (Fsp3) is 0.263. The molecule has 1 aliphatic rings. The van der Waals surface area contributed by atoms with Gasteiger partial charge in [0.2, 0.25) is 0 Å². The van der Waals surface area contributed by atoms with E-state index in [1.54, 1.807) is 0 Å². The van der Waals surface area contributed by atoms with E-state index in [1.165, 1.54) is 16.7 Å². The molecule has 0 spiro atoms. The van der Waals surface area contributed by atoms with Gasteiger partial charge in [0.15, 0.2) is 0 Å². The van der Waals surface area contributed by atoms with E-state index in [0.29, 0.717) is 0 Å². The van der Waals surface area contributed by atoms with Gasteiger partial charge in [0.05, 0.1) is 6.10 Å². The summed E-state index contributed by atoms with van der Waals surface area (Å²) in [6.07, 6.45) is 2.72. The van der Waals surface area contributed by atoms with Crippen LogP contribution >= 0.6 is 0 Å². The normalized spacial score (nSPS) is 21.6. The first-order valence-electron chi connectivity index (χ1n) is 7.48. The summed E-state index contributed by atoms with van der Waals surface area (Å²) in [5, 5.41) is 10.1. The summed E-state index contributed by atoms with van der Waals surface area (Å²) < 4.78 is 0. The van der Waals surface area contributed by atoms with E-state index in [-0.39, 0.29) is 6.10 Å². The summed E-state index contributed by atoms with van der Waals surface area (Å²) in [4.78, 5) is 2.32. The number of rotatable bonds is 3. The Morgan fingerprint density at radius 2 is 1.67 bits per heavy atom. The number of β-amino-alcohol motifs (C(OH)–C–C–N with tert-alkyl or cyclic N) is 1. The van der Waals surface area contributed by atoms with Crippen LogP contribution in [0.2, 0.25) is 0 Å². The maximum Gasteiger partial charge on any atom is 0.0705 e. The van der Waals surface area contributed by atoms with Gasteiger partial charge in [0.1, 0.15) is 0 Å². The molecule has 0 radical (unpaired) electrons. The second-order valence-electron chi connectivity index (χ2n) is 5.73. The van der Waals surface area contributed by atoms with Crippen molar-refractivity contribution in [2.75, 3.05) is 13.1 Å². The second-order valence-corrected chi connectivity index (χ2v) is 5.73. The number of nitrogens with zero attached hydrogens (tertiary/aromatic N) is 1. The fourth-order valence-electron chi connectivity index (χ4n) is 2.93. The Kier molecular flexibility index (Phi) is 4.49. The first kappa shape index (κ1) is 14.1. The molecule has 1 saturated heterocycles. The lowest BCUT2D eigenvalue weighted by Crippen LogP contribution is -2.39. The van der Waals surface area contributed by atoms with Crippen LogP contribution in [0.25, 0.3) is 6.08 Å². The van der Waals surface area contributed by atoms with E-state index >= 15 is 0 Å². The van der Waals surface area contributed by atoms with Crippen molar-refractivity contribution in [1.82, 2.24) is 4.90 Å². The van der Waals surface area contributed by atoms with Crippen LogP contribution < -0.4 is 0 Å². The molecule has 1 heterocycles. The van der Waals surface area contributed by atoms with E-state index in [4.69, 9.17) is 0 Å². The summed E-state index contributed by atoms with van der Waals surface area (Å²) in [6.45, 7) is 2.58. The molecular weight excluding hydrogens is 258 g/mol. The molecule has 1 atom stereocenters. The number of hydrogen-bond donors (Lipinski definition) is 1. The Bertz CT molecular complexity index is 591. The summed E-state index contributed by atoms with van der Waals surface area (Å²) in [7, 11) is 0. The van der Waals surface area contributed by atoms with Gasteiger partial charge in [0, 0.05) is 19.6 Å².